The molecule has 1 aromatic rings. The lowest BCUT2D eigenvalue weighted by Crippen LogP contribution is -2.35. The van der Waals surface area contributed by atoms with E-state index in [1.807, 2.05) is 0 Å². The molecule has 0 radical (unpaired) electrons. The van der Waals surface area contributed by atoms with Crippen molar-refractivity contribution >= 4 is 16.0 Å². The van der Waals surface area contributed by atoms with Crippen molar-refractivity contribution in [3.05, 3.63) is 29.8 Å². The Morgan fingerprint density at radius 2 is 2.00 bits per heavy atom. The standard InChI is InChI=1S/C13H17NO4S/c1-14(9-10-5-4-6-10)19(17,18)12-8-3-2-7-11(12)13(15)16/h2-3,7-8,10H,4-6,9H2,1H3,(H,15,16). The smallest absolute Gasteiger partial charge is 0.337 e. The van der Waals surface area contributed by atoms with E-state index >= 15 is 0 Å². The second-order valence-corrected chi connectivity index (χ2v) is 6.90. The normalized spacial score (nSPS) is 16.3. The van der Waals surface area contributed by atoms with Gasteiger partial charge in [-0.05, 0) is 30.9 Å². The third kappa shape index (κ3) is 2.79. The Hall–Kier alpha value is -1.40. The number of carboxylic acids is 1. The van der Waals surface area contributed by atoms with Gasteiger partial charge in [0.25, 0.3) is 0 Å². The summed E-state index contributed by atoms with van der Waals surface area (Å²) < 4.78 is 26.1. The number of benzene rings is 1. The summed E-state index contributed by atoms with van der Waals surface area (Å²) in [5.41, 5.74) is -0.178. The van der Waals surface area contributed by atoms with Crippen molar-refractivity contribution in [3.8, 4) is 0 Å². The molecule has 2 rings (SSSR count). The van der Waals surface area contributed by atoms with Crippen LogP contribution < -0.4 is 0 Å². The van der Waals surface area contributed by atoms with Crippen LogP contribution in [0.25, 0.3) is 0 Å². The zero-order valence-electron chi connectivity index (χ0n) is 10.7. The van der Waals surface area contributed by atoms with Gasteiger partial charge in [0, 0.05) is 13.6 Å². The minimum atomic E-state index is -3.73. The second-order valence-electron chi connectivity index (χ2n) is 4.88. The summed E-state index contributed by atoms with van der Waals surface area (Å²) in [4.78, 5) is 11.0. The van der Waals surface area contributed by atoms with Crippen LogP contribution in [-0.4, -0.2) is 37.4 Å². The van der Waals surface area contributed by atoms with E-state index in [1.54, 1.807) is 0 Å². The van der Waals surface area contributed by atoms with Gasteiger partial charge in [-0.15, -0.1) is 0 Å². The Kier molecular flexibility index (Phi) is 3.91. The first-order chi connectivity index (χ1) is 8.93. The van der Waals surface area contributed by atoms with Crippen LogP contribution in [0.4, 0.5) is 0 Å². The first-order valence-corrected chi connectivity index (χ1v) is 7.65. The summed E-state index contributed by atoms with van der Waals surface area (Å²) in [7, 11) is -2.23. The summed E-state index contributed by atoms with van der Waals surface area (Å²) >= 11 is 0. The Morgan fingerprint density at radius 3 is 2.53 bits per heavy atom. The van der Waals surface area contributed by atoms with Gasteiger partial charge >= 0.3 is 5.97 Å². The molecule has 0 spiro atoms. The van der Waals surface area contributed by atoms with Crippen molar-refractivity contribution in [1.29, 1.82) is 0 Å². The molecule has 1 aliphatic rings. The molecule has 0 amide bonds. The Balaban J connectivity index is 2.30. The zero-order valence-corrected chi connectivity index (χ0v) is 11.6. The quantitative estimate of drug-likeness (QED) is 0.894. The molecule has 0 bridgehead atoms. The molecule has 1 saturated carbocycles. The lowest BCUT2D eigenvalue weighted by molar-refractivity contribution is 0.0692. The highest BCUT2D eigenvalue weighted by atomic mass is 32.2. The van der Waals surface area contributed by atoms with E-state index in [0.29, 0.717) is 12.5 Å². The predicted octanol–water partition coefficient (Wildman–Crippen LogP) is 1.81. The SMILES string of the molecule is CN(CC1CCC1)S(=O)(=O)c1ccccc1C(=O)O. The Morgan fingerprint density at radius 1 is 1.37 bits per heavy atom. The lowest BCUT2D eigenvalue weighted by Gasteiger charge is -2.29. The molecular weight excluding hydrogens is 266 g/mol. The maximum absolute atomic E-state index is 12.4. The van der Waals surface area contributed by atoms with Crippen molar-refractivity contribution in [1.82, 2.24) is 4.31 Å². The third-order valence-electron chi connectivity index (χ3n) is 3.55. The highest BCUT2D eigenvalue weighted by molar-refractivity contribution is 7.89. The molecule has 6 heteroatoms. The van der Waals surface area contributed by atoms with Crippen LogP contribution in [-0.2, 0) is 10.0 Å². The summed E-state index contributed by atoms with van der Waals surface area (Å²) in [6.45, 7) is 0.455. The monoisotopic (exact) mass is 283 g/mol. The summed E-state index contributed by atoms with van der Waals surface area (Å²) in [6.07, 6.45) is 3.23. The van der Waals surface area contributed by atoms with Crippen LogP contribution in [0.3, 0.4) is 0 Å². The number of hydrogen-bond donors (Lipinski definition) is 1. The van der Waals surface area contributed by atoms with Crippen molar-refractivity contribution in [3.63, 3.8) is 0 Å². The number of carboxylic acid groups (broad SMARTS) is 1. The van der Waals surface area contributed by atoms with E-state index < -0.39 is 16.0 Å². The molecule has 0 saturated heterocycles. The van der Waals surface area contributed by atoms with E-state index in [1.165, 1.54) is 35.6 Å². The van der Waals surface area contributed by atoms with Gasteiger partial charge < -0.3 is 5.11 Å². The molecule has 1 N–H and O–H groups in total. The number of nitrogens with zero attached hydrogens (tertiary/aromatic N) is 1. The molecule has 1 fully saturated rings. The molecule has 0 unspecified atom stereocenters. The van der Waals surface area contributed by atoms with Crippen LogP contribution in [0.2, 0.25) is 0 Å². The van der Waals surface area contributed by atoms with Crippen molar-refractivity contribution in [2.75, 3.05) is 13.6 Å². The topological polar surface area (TPSA) is 74.7 Å². The minimum Gasteiger partial charge on any atom is -0.478 e. The summed E-state index contributed by atoms with van der Waals surface area (Å²) in [5.74, 6) is -0.826. The van der Waals surface area contributed by atoms with Gasteiger partial charge in [-0.1, -0.05) is 18.6 Å². The van der Waals surface area contributed by atoms with Gasteiger partial charge in [-0.25, -0.2) is 17.5 Å². The van der Waals surface area contributed by atoms with Gasteiger partial charge in [-0.3, -0.25) is 0 Å². The molecule has 104 valence electrons. The molecule has 0 atom stereocenters. The van der Waals surface area contributed by atoms with E-state index in [0.717, 1.165) is 19.3 Å². The molecule has 19 heavy (non-hydrogen) atoms. The summed E-state index contributed by atoms with van der Waals surface area (Å²) in [5, 5.41) is 9.07. The first kappa shape index (κ1) is 14.0. The molecule has 0 aliphatic heterocycles. The fourth-order valence-electron chi connectivity index (χ4n) is 2.17. The van der Waals surface area contributed by atoms with Crippen LogP contribution in [0.1, 0.15) is 29.6 Å². The highest BCUT2D eigenvalue weighted by Gasteiger charge is 2.29. The van der Waals surface area contributed by atoms with E-state index in [9.17, 15) is 13.2 Å². The Labute approximate surface area is 112 Å². The van der Waals surface area contributed by atoms with E-state index in [-0.39, 0.29) is 10.5 Å². The van der Waals surface area contributed by atoms with Gasteiger partial charge in [0.05, 0.1) is 10.5 Å². The zero-order chi connectivity index (χ0) is 14.0. The van der Waals surface area contributed by atoms with E-state index in [4.69, 9.17) is 5.11 Å². The van der Waals surface area contributed by atoms with Crippen LogP contribution >= 0.6 is 0 Å². The summed E-state index contributed by atoms with van der Waals surface area (Å²) in [6, 6.07) is 5.72. The average molecular weight is 283 g/mol. The number of aromatic carboxylic acids is 1. The van der Waals surface area contributed by atoms with Crippen molar-refractivity contribution in [2.45, 2.75) is 24.2 Å². The molecule has 0 aromatic heterocycles. The number of rotatable bonds is 5. The lowest BCUT2D eigenvalue weighted by atomic mass is 9.86. The highest BCUT2D eigenvalue weighted by Crippen LogP contribution is 2.29. The minimum absolute atomic E-state index is 0.135. The van der Waals surface area contributed by atoms with Gasteiger partial charge in [-0.2, -0.15) is 0 Å². The fraction of sp³-hybridized carbons (Fsp3) is 0.462. The first-order valence-electron chi connectivity index (χ1n) is 6.21. The molecule has 1 aliphatic carbocycles. The largest absolute Gasteiger partial charge is 0.478 e. The van der Waals surface area contributed by atoms with Gasteiger partial charge in [0.1, 0.15) is 0 Å². The van der Waals surface area contributed by atoms with E-state index in [2.05, 4.69) is 0 Å². The number of carbonyl (C=O) groups is 1. The molecule has 1 aromatic carbocycles. The van der Waals surface area contributed by atoms with Gasteiger partial charge in [0.15, 0.2) is 0 Å². The Bertz CT molecular complexity index is 578. The second kappa shape index (κ2) is 5.30. The molecular formula is C13H17NO4S. The number of hydrogen-bond acceptors (Lipinski definition) is 3. The maximum Gasteiger partial charge on any atom is 0.337 e. The van der Waals surface area contributed by atoms with Gasteiger partial charge in [0.2, 0.25) is 10.0 Å². The van der Waals surface area contributed by atoms with Crippen LogP contribution in [0.5, 0.6) is 0 Å². The fourth-order valence-corrected chi connectivity index (χ4v) is 3.60. The maximum atomic E-state index is 12.4. The van der Waals surface area contributed by atoms with Crippen molar-refractivity contribution < 1.29 is 18.3 Å². The molecule has 0 heterocycles. The molecule has 5 nitrogen and oxygen atoms in total. The average Bonchev–Trinajstić information content (AvgIpc) is 2.33. The van der Waals surface area contributed by atoms with Crippen molar-refractivity contribution in [2.24, 2.45) is 5.92 Å². The third-order valence-corrected chi connectivity index (χ3v) is 5.43. The van der Waals surface area contributed by atoms with Crippen LogP contribution in [0.15, 0.2) is 29.2 Å². The van der Waals surface area contributed by atoms with Crippen LogP contribution in [0, 0.1) is 5.92 Å². The predicted molar refractivity (Wildman–Crippen MR) is 70.6 cm³/mol. The number of sulfonamides is 1.